The highest BCUT2D eigenvalue weighted by molar-refractivity contribution is 6.36. The molecule has 5 heteroatoms. The number of ether oxygens (including phenoxy) is 1. The standard InChI is InChI=1S/C8H8Cl2N2O/c1-13-7-5(8(11)12)2-4(9)3-6(7)10/h2-3H,1H3,(H3,11,12). The van der Waals surface area contributed by atoms with Crippen LogP contribution in [0.15, 0.2) is 12.1 Å². The molecule has 0 bridgehead atoms. The van der Waals surface area contributed by atoms with E-state index in [-0.39, 0.29) is 5.84 Å². The second-order valence-electron chi connectivity index (χ2n) is 2.38. The fourth-order valence-electron chi connectivity index (χ4n) is 0.968. The molecule has 0 spiro atoms. The first-order valence-electron chi connectivity index (χ1n) is 3.43. The Kier molecular flexibility index (Phi) is 3.01. The first kappa shape index (κ1) is 10.2. The molecule has 0 aliphatic rings. The van der Waals surface area contributed by atoms with E-state index in [1.165, 1.54) is 19.2 Å². The average Bonchev–Trinajstić information content (AvgIpc) is 2.02. The summed E-state index contributed by atoms with van der Waals surface area (Å²) in [4.78, 5) is 0. The van der Waals surface area contributed by atoms with Gasteiger partial charge in [-0.15, -0.1) is 0 Å². The van der Waals surface area contributed by atoms with Gasteiger partial charge in [0.1, 0.15) is 11.6 Å². The normalized spacial score (nSPS) is 9.77. The summed E-state index contributed by atoms with van der Waals surface area (Å²) in [6.45, 7) is 0. The Morgan fingerprint density at radius 3 is 2.54 bits per heavy atom. The summed E-state index contributed by atoms with van der Waals surface area (Å²) in [6.07, 6.45) is 0. The molecule has 70 valence electrons. The Hall–Kier alpha value is -0.930. The minimum Gasteiger partial charge on any atom is -0.494 e. The van der Waals surface area contributed by atoms with Crippen molar-refractivity contribution in [2.24, 2.45) is 5.73 Å². The van der Waals surface area contributed by atoms with Crippen molar-refractivity contribution in [1.82, 2.24) is 0 Å². The number of methoxy groups -OCH3 is 1. The maximum Gasteiger partial charge on any atom is 0.148 e. The number of amidine groups is 1. The number of nitrogens with one attached hydrogen (secondary N) is 1. The van der Waals surface area contributed by atoms with Crippen LogP contribution in [0.5, 0.6) is 5.75 Å². The van der Waals surface area contributed by atoms with Crippen LogP contribution in [0.2, 0.25) is 10.0 Å². The first-order valence-corrected chi connectivity index (χ1v) is 4.19. The number of benzene rings is 1. The lowest BCUT2D eigenvalue weighted by Crippen LogP contribution is -2.12. The van der Waals surface area contributed by atoms with E-state index in [1.807, 2.05) is 0 Å². The fraction of sp³-hybridized carbons (Fsp3) is 0.125. The number of nitrogen functional groups attached to an aromatic ring is 1. The van der Waals surface area contributed by atoms with Crippen molar-refractivity contribution in [2.45, 2.75) is 0 Å². The number of rotatable bonds is 2. The molecule has 1 rings (SSSR count). The summed E-state index contributed by atoms with van der Waals surface area (Å²) in [6, 6.07) is 3.07. The number of nitrogens with two attached hydrogens (primary N) is 1. The van der Waals surface area contributed by atoms with E-state index in [2.05, 4.69) is 0 Å². The van der Waals surface area contributed by atoms with Crippen LogP contribution in [0.25, 0.3) is 0 Å². The Bertz CT molecular complexity index is 352. The molecular weight excluding hydrogens is 211 g/mol. The molecule has 0 fully saturated rings. The van der Waals surface area contributed by atoms with E-state index < -0.39 is 0 Å². The molecule has 0 radical (unpaired) electrons. The van der Waals surface area contributed by atoms with Crippen LogP contribution in [-0.2, 0) is 0 Å². The molecule has 0 amide bonds. The Labute approximate surface area is 85.9 Å². The van der Waals surface area contributed by atoms with Gasteiger partial charge in [0.15, 0.2) is 0 Å². The Morgan fingerprint density at radius 1 is 1.46 bits per heavy atom. The van der Waals surface area contributed by atoms with Crippen molar-refractivity contribution in [2.75, 3.05) is 7.11 Å². The van der Waals surface area contributed by atoms with Gasteiger partial charge in [-0.05, 0) is 12.1 Å². The van der Waals surface area contributed by atoms with Gasteiger partial charge in [-0.3, -0.25) is 5.41 Å². The van der Waals surface area contributed by atoms with Crippen LogP contribution in [0.1, 0.15) is 5.56 Å². The summed E-state index contributed by atoms with van der Waals surface area (Å²) in [7, 11) is 1.46. The summed E-state index contributed by atoms with van der Waals surface area (Å²) < 4.78 is 4.98. The highest BCUT2D eigenvalue weighted by Gasteiger charge is 2.11. The highest BCUT2D eigenvalue weighted by Crippen LogP contribution is 2.31. The predicted octanol–water partition coefficient (Wildman–Crippen LogP) is 2.29. The third kappa shape index (κ3) is 2.05. The molecule has 0 saturated carbocycles. The van der Waals surface area contributed by atoms with Crippen LogP contribution in [-0.4, -0.2) is 12.9 Å². The molecule has 0 saturated heterocycles. The van der Waals surface area contributed by atoms with Crippen LogP contribution < -0.4 is 10.5 Å². The van der Waals surface area contributed by atoms with Crippen molar-refractivity contribution in [3.63, 3.8) is 0 Å². The molecule has 0 atom stereocenters. The third-order valence-electron chi connectivity index (χ3n) is 1.50. The number of hydrogen-bond acceptors (Lipinski definition) is 2. The second kappa shape index (κ2) is 3.85. The van der Waals surface area contributed by atoms with Gasteiger partial charge in [-0.2, -0.15) is 0 Å². The molecule has 3 N–H and O–H groups in total. The maximum atomic E-state index is 7.25. The van der Waals surface area contributed by atoms with Crippen LogP contribution in [0.3, 0.4) is 0 Å². The van der Waals surface area contributed by atoms with Crippen LogP contribution in [0, 0.1) is 5.41 Å². The molecule has 0 unspecified atom stereocenters. The molecule has 3 nitrogen and oxygen atoms in total. The zero-order valence-electron chi connectivity index (χ0n) is 6.90. The summed E-state index contributed by atoms with van der Waals surface area (Å²) in [5, 5.41) is 8.03. The Morgan fingerprint density at radius 2 is 2.08 bits per heavy atom. The zero-order chi connectivity index (χ0) is 10.0. The summed E-state index contributed by atoms with van der Waals surface area (Å²) >= 11 is 11.5. The van der Waals surface area contributed by atoms with Gasteiger partial charge in [-0.25, -0.2) is 0 Å². The predicted molar refractivity (Wildman–Crippen MR) is 54.0 cm³/mol. The smallest absolute Gasteiger partial charge is 0.148 e. The zero-order valence-corrected chi connectivity index (χ0v) is 8.41. The van der Waals surface area contributed by atoms with Gasteiger partial charge in [0.25, 0.3) is 0 Å². The van der Waals surface area contributed by atoms with E-state index in [9.17, 15) is 0 Å². The fourth-order valence-corrected chi connectivity index (χ4v) is 1.54. The van der Waals surface area contributed by atoms with Crippen molar-refractivity contribution in [1.29, 1.82) is 5.41 Å². The molecule has 13 heavy (non-hydrogen) atoms. The Balaban J connectivity index is 3.38. The number of hydrogen-bond donors (Lipinski definition) is 2. The van der Waals surface area contributed by atoms with E-state index in [1.54, 1.807) is 0 Å². The highest BCUT2D eigenvalue weighted by atomic mass is 35.5. The van der Waals surface area contributed by atoms with Crippen LogP contribution >= 0.6 is 23.2 Å². The van der Waals surface area contributed by atoms with Gasteiger partial charge in [0.2, 0.25) is 0 Å². The minimum absolute atomic E-state index is 0.124. The van der Waals surface area contributed by atoms with Gasteiger partial charge in [-0.1, -0.05) is 23.2 Å². The van der Waals surface area contributed by atoms with Crippen LogP contribution in [0.4, 0.5) is 0 Å². The maximum absolute atomic E-state index is 7.25. The summed E-state index contributed by atoms with van der Waals surface area (Å²) in [5.41, 5.74) is 5.72. The summed E-state index contributed by atoms with van der Waals surface area (Å²) in [5.74, 6) is 0.250. The van der Waals surface area contributed by atoms with E-state index in [0.717, 1.165) is 0 Å². The third-order valence-corrected chi connectivity index (χ3v) is 2.00. The largest absolute Gasteiger partial charge is 0.494 e. The monoisotopic (exact) mass is 218 g/mol. The lowest BCUT2D eigenvalue weighted by Gasteiger charge is -2.09. The molecular formula is C8H8Cl2N2O. The number of halogens is 2. The van der Waals surface area contributed by atoms with Gasteiger partial charge >= 0.3 is 0 Å². The first-order chi connectivity index (χ1) is 6.06. The average molecular weight is 219 g/mol. The SMILES string of the molecule is COc1c(Cl)cc(Cl)cc1C(=N)N. The van der Waals surface area contributed by atoms with Gasteiger partial charge in [0.05, 0.1) is 17.7 Å². The van der Waals surface area contributed by atoms with Gasteiger partial charge in [0, 0.05) is 5.02 Å². The topological polar surface area (TPSA) is 59.1 Å². The van der Waals surface area contributed by atoms with E-state index in [4.69, 9.17) is 39.1 Å². The molecule has 1 aromatic rings. The van der Waals surface area contributed by atoms with E-state index >= 15 is 0 Å². The van der Waals surface area contributed by atoms with Crippen molar-refractivity contribution < 1.29 is 4.74 Å². The van der Waals surface area contributed by atoms with E-state index in [0.29, 0.717) is 21.4 Å². The molecule has 0 aliphatic heterocycles. The van der Waals surface area contributed by atoms with Crippen molar-refractivity contribution >= 4 is 29.0 Å². The minimum atomic E-state index is -0.124. The lowest BCUT2D eigenvalue weighted by atomic mass is 10.2. The van der Waals surface area contributed by atoms with Crippen molar-refractivity contribution in [3.05, 3.63) is 27.7 Å². The quantitative estimate of drug-likeness (QED) is 0.592. The second-order valence-corrected chi connectivity index (χ2v) is 3.23. The molecule has 0 aromatic heterocycles. The molecule has 1 aromatic carbocycles. The molecule has 0 heterocycles. The molecule has 0 aliphatic carbocycles. The van der Waals surface area contributed by atoms with Crippen molar-refractivity contribution in [3.8, 4) is 5.75 Å². The lowest BCUT2D eigenvalue weighted by molar-refractivity contribution is 0.414. The van der Waals surface area contributed by atoms with Gasteiger partial charge < -0.3 is 10.5 Å².